The smallest absolute Gasteiger partial charge is 0.193 e. The molecule has 22 heavy (non-hydrogen) atoms. The van der Waals surface area contributed by atoms with E-state index < -0.39 is 0 Å². The fourth-order valence-corrected chi connectivity index (χ4v) is 2.73. The van der Waals surface area contributed by atoms with Gasteiger partial charge in [0, 0.05) is 32.6 Å². The Bertz CT molecular complexity index is 518. The molecule has 1 aliphatic carbocycles. The summed E-state index contributed by atoms with van der Waals surface area (Å²) in [6.07, 6.45) is 6.31. The SMILES string of the molecule is C=CCCCN(C)C(=NC)NCC1(c2ccc(F)cc2)CC1. The zero-order valence-electron chi connectivity index (χ0n) is 13.6. The van der Waals surface area contributed by atoms with Crippen molar-refractivity contribution in [2.75, 3.05) is 27.2 Å². The molecule has 1 aliphatic rings. The third kappa shape index (κ3) is 4.09. The molecule has 0 aromatic heterocycles. The van der Waals surface area contributed by atoms with Crippen LogP contribution < -0.4 is 5.32 Å². The Balaban J connectivity index is 1.90. The minimum Gasteiger partial charge on any atom is -0.355 e. The fraction of sp³-hybridized carbons (Fsp3) is 0.500. The molecule has 120 valence electrons. The van der Waals surface area contributed by atoms with Gasteiger partial charge in [-0.1, -0.05) is 18.2 Å². The van der Waals surface area contributed by atoms with E-state index in [2.05, 4.69) is 28.8 Å². The number of halogens is 1. The van der Waals surface area contributed by atoms with Crippen molar-refractivity contribution in [1.29, 1.82) is 0 Å². The second kappa shape index (κ2) is 7.43. The molecule has 3 nitrogen and oxygen atoms in total. The summed E-state index contributed by atoms with van der Waals surface area (Å²) in [5.74, 6) is 0.739. The standard InChI is InChI=1S/C18H26FN3/c1-4-5-6-13-22(3)17(20-2)21-14-18(11-12-18)15-7-9-16(19)10-8-15/h4,7-10H,1,5-6,11-14H2,2-3H3,(H,20,21). The molecule has 0 radical (unpaired) electrons. The molecule has 1 fully saturated rings. The molecule has 0 bridgehead atoms. The number of nitrogens with one attached hydrogen (secondary N) is 1. The number of hydrogen-bond acceptors (Lipinski definition) is 1. The minimum absolute atomic E-state index is 0.144. The Morgan fingerprint density at radius 1 is 1.41 bits per heavy atom. The maximum absolute atomic E-state index is 13.1. The number of rotatable bonds is 7. The molecule has 0 heterocycles. The van der Waals surface area contributed by atoms with E-state index in [0.717, 1.165) is 44.7 Å². The van der Waals surface area contributed by atoms with E-state index in [0.29, 0.717) is 0 Å². The summed E-state index contributed by atoms with van der Waals surface area (Å²) in [6, 6.07) is 6.90. The quantitative estimate of drug-likeness (QED) is 0.362. The number of hydrogen-bond donors (Lipinski definition) is 1. The van der Waals surface area contributed by atoms with E-state index >= 15 is 0 Å². The first kappa shape index (κ1) is 16.5. The van der Waals surface area contributed by atoms with Crippen molar-refractivity contribution in [3.8, 4) is 0 Å². The minimum atomic E-state index is -0.176. The van der Waals surface area contributed by atoms with Gasteiger partial charge in [-0.2, -0.15) is 0 Å². The van der Waals surface area contributed by atoms with Crippen molar-refractivity contribution in [1.82, 2.24) is 10.2 Å². The summed E-state index contributed by atoms with van der Waals surface area (Å²) in [5.41, 5.74) is 1.36. The fourth-order valence-electron chi connectivity index (χ4n) is 2.73. The lowest BCUT2D eigenvalue weighted by atomic mass is 9.96. The highest BCUT2D eigenvalue weighted by atomic mass is 19.1. The maximum atomic E-state index is 13.1. The molecule has 0 spiro atoms. The van der Waals surface area contributed by atoms with E-state index in [4.69, 9.17) is 0 Å². The highest BCUT2D eigenvalue weighted by Gasteiger charge is 2.44. The number of benzene rings is 1. The second-order valence-corrected chi connectivity index (χ2v) is 6.04. The van der Waals surface area contributed by atoms with Crippen LogP contribution in [0.1, 0.15) is 31.2 Å². The van der Waals surface area contributed by atoms with Crippen molar-refractivity contribution in [3.05, 3.63) is 48.3 Å². The van der Waals surface area contributed by atoms with Gasteiger partial charge in [0.25, 0.3) is 0 Å². The Kier molecular flexibility index (Phi) is 5.58. The third-order valence-electron chi connectivity index (χ3n) is 4.37. The topological polar surface area (TPSA) is 27.6 Å². The zero-order chi connectivity index (χ0) is 16.0. The van der Waals surface area contributed by atoms with Crippen LogP contribution in [0.3, 0.4) is 0 Å². The van der Waals surface area contributed by atoms with Gasteiger partial charge >= 0.3 is 0 Å². The molecule has 1 aromatic carbocycles. The summed E-state index contributed by atoms with van der Waals surface area (Å²) in [5, 5.41) is 3.47. The van der Waals surface area contributed by atoms with Gasteiger partial charge in [-0.3, -0.25) is 4.99 Å². The lowest BCUT2D eigenvalue weighted by molar-refractivity contribution is 0.464. The van der Waals surface area contributed by atoms with Crippen LogP contribution in [-0.4, -0.2) is 38.0 Å². The highest BCUT2D eigenvalue weighted by molar-refractivity contribution is 5.79. The summed E-state index contributed by atoms with van der Waals surface area (Å²) >= 11 is 0. The van der Waals surface area contributed by atoms with Gasteiger partial charge in [0.15, 0.2) is 5.96 Å². The van der Waals surface area contributed by atoms with Crippen LogP contribution in [0.2, 0.25) is 0 Å². The summed E-state index contributed by atoms with van der Waals surface area (Å²) in [4.78, 5) is 6.49. The molecule has 1 saturated carbocycles. The summed E-state index contributed by atoms with van der Waals surface area (Å²) < 4.78 is 13.1. The first-order chi connectivity index (χ1) is 10.6. The lowest BCUT2D eigenvalue weighted by Gasteiger charge is -2.24. The maximum Gasteiger partial charge on any atom is 0.193 e. The molecule has 0 unspecified atom stereocenters. The van der Waals surface area contributed by atoms with Gasteiger partial charge in [-0.05, 0) is 43.4 Å². The molecular formula is C18H26FN3. The van der Waals surface area contributed by atoms with Crippen molar-refractivity contribution in [2.24, 2.45) is 4.99 Å². The normalized spacial score (nSPS) is 16.2. The van der Waals surface area contributed by atoms with E-state index in [1.807, 2.05) is 25.3 Å². The first-order valence-electron chi connectivity index (χ1n) is 7.90. The second-order valence-electron chi connectivity index (χ2n) is 6.04. The van der Waals surface area contributed by atoms with Gasteiger partial charge in [-0.15, -0.1) is 6.58 Å². The zero-order valence-corrected chi connectivity index (χ0v) is 13.6. The number of unbranched alkanes of at least 4 members (excludes halogenated alkanes) is 1. The van der Waals surface area contributed by atoms with Crippen molar-refractivity contribution in [2.45, 2.75) is 31.1 Å². The number of nitrogens with zero attached hydrogens (tertiary/aromatic N) is 2. The monoisotopic (exact) mass is 303 g/mol. The molecule has 2 rings (SSSR count). The van der Waals surface area contributed by atoms with Crippen LogP contribution >= 0.6 is 0 Å². The number of allylic oxidation sites excluding steroid dienone is 1. The van der Waals surface area contributed by atoms with E-state index in [9.17, 15) is 4.39 Å². The molecule has 4 heteroatoms. The van der Waals surface area contributed by atoms with Crippen LogP contribution in [-0.2, 0) is 5.41 Å². The summed E-state index contributed by atoms with van der Waals surface area (Å²) in [7, 11) is 3.86. The number of guanidine groups is 1. The largest absolute Gasteiger partial charge is 0.355 e. The van der Waals surface area contributed by atoms with Crippen molar-refractivity contribution >= 4 is 5.96 Å². The number of aliphatic imine (C=N–C) groups is 1. The van der Waals surface area contributed by atoms with Gasteiger partial charge < -0.3 is 10.2 Å². The molecule has 0 atom stereocenters. The predicted molar refractivity (Wildman–Crippen MR) is 90.7 cm³/mol. The summed E-state index contributed by atoms with van der Waals surface area (Å²) in [6.45, 7) is 5.55. The third-order valence-corrected chi connectivity index (χ3v) is 4.37. The van der Waals surface area contributed by atoms with Gasteiger partial charge in [0.05, 0.1) is 0 Å². The Morgan fingerprint density at radius 2 is 2.09 bits per heavy atom. The highest BCUT2D eigenvalue weighted by Crippen LogP contribution is 2.47. The van der Waals surface area contributed by atoms with Gasteiger partial charge in [0.1, 0.15) is 5.82 Å². The van der Waals surface area contributed by atoms with E-state index in [-0.39, 0.29) is 11.2 Å². The molecule has 0 amide bonds. The van der Waals surface area contributed by atoms with E-state index in [1.165, 1.54) is 5.56 Å². The average Bonchev–Trinajstić information content (AvgIpc) is 3.30. The van der Waals surface area contributed by atoms with E-state index in [1.54, 1.807) is 12.1 Å². The Labute approximate surface area is 132 Å². The molecular weight excluding hydrogens is 277 g/mol. The predicted octanol–water partition coefficient (Wildman–Crippen LogP) is 3.33. The average molecular weight is 303 g/mol. The van der Waals surface area contributed by atoms with Crippen LogP contribution in [0, 0.1) is 5.82 Å². The van der Waals surface area contributed by atoms with Crippen molar-refractivity contribution in [3.63, 3.8) is 0 Å². The van der Waals surface area contributed by atoms with Crippen LogP contribution in [0.15, 0.2) is 41.9 Å². The van der Waals surface area contributed by atoms with Crippen molar-refractivity contribution < 1.29 is 4.39 Å². The van der Waals surface area contributed by atoms with Crippen LogP contribution in [0.4, 0.5) is 4.39 Å². The molecule has 0 saturated heterocycles. The lowest BCUT2D eigenvalue weighted by Crippen LogP contribution is -2.42. The molecule has 0 aliphatic heterocycles. The van der Waals surface area contributed by atoms with Gasteiger partial charge in [-0.25, -0.2) is 4.39 Å². The molecule has 1 N–H and O–H groups in total. The van der Waals surface area contributed by atoms with Gasteiger partial charge in [0.2, 0.25) is 0 Å². The Hall–Kier alpha value is -1.84. The first-order valence-corrected chi connectivity index (χ1v) is 7.90. The van der Waals surface area contributed by atoms with Crippen LogP contribution in [0.5, 0.6) is 0 Å². The van der Waals surface area contributed by atoms with Crippen LogP contribution in [0.25, 0.3) is 0 Å². The molecule has 1 aromatic rings. The Morgan fingerprint density at radius 3 is 2.64 bits per heavy atom.